The van der Waals surface area contributed by atoms with Gasteiger partial charge in [0.05, 0.1) is 7.11 Å². The largest absolute Gasteiger partial charge is 0.504 e. The smallest absolute Gasteiger partial charge is 0.271 e. The monoisotopic (exact) mass is 154 g/mol. The van der Waals surface area contributed by atoms with Gasteiger partial charge in [-0.3, -0.25) is 9.59 Å². The van der Waals surface area contributed by atoms with Crippen molar-refractivity contribution in [2.75, 3.05) is 7.11 Å². The van der Waals surface area contributed by atoms with E-state index in [1.165, 1.54) is 13.2 Å². The molecule has 0 radical (unpaired) electrons. The van der Waals surface area contributed by atoms with Crippen molar-refractivity contribution in [1.82, 2.24) is 0 Å². The van der Waals surface area contributed by atoms with Gasteiger partial charge < -0.3 is 9.84 Å². The summed E-state index contributed by atoms with van der Waals surface area (Å²) < 4.78 is 4.56. The van der Waals surface area contributed by atoms with Crippen LogP contribution in [0, 0.1) is 0 Å². The Morgan fingerprint density at radius 1 is 1.27 bits per heavy atom. The third-order valence-corrected chi connectivity index (χ3v) is 1.28. The third-order valence-electron chi connectivity index (χ3n) is 1.28. The van der Waals surface area contributed by atoms with Gasteiger partial charge in [-0.1, -0.05) is 0 Å². The van der Waals surface area contributed by atoms with Gasteiger partial charge >= 0.3 is 0 Å². The van der Waals surface area contributed by atoms with E-state index in [1.807, 2.05) is 0 Å². The molecule has 0 fully saturated rings. The average molecular weight is 154 g/mol. The van der Waals surface area contributed by atoms with Crippen LogP contribution in [0.5, 0.6) is 0 Å². The molecule has 0 atom stereocenters. The fraction of sp³-hybridized carbons (Fsp3) is 0.143. The molecule has 0 aromatic heterocycles. The van der Waals surface area contributed by atoms with Crippen LogP contribution in [0.3, 0.4) is 0 Å². The number of hydrogen-bond acceptors (Lipinski definition) is 4. The van der Waals surface area contributed by atoms with Gasteiger partial charge in [0.1, 0.15) is 0 Å². The minimum Gasteiger partial charge on any atom is -0.504 e. The molecular formula is C7H6O4. The van der Waals surface area contributed by atoms with Gasteiger partial charge in [-0.25, -0.2) is 0 Å². The number of aliphatic hydroxyl groups excluding tert-OH is 1. The van der Waals surface area contributed by atoms with Gasteiger partial charge in [-0.15, -0.1) is 0 Å². The molecule has 0 aliphatic heterocycles. The first-order valence-electron chi connectivity index (χ1n) is 2.90. The van der Waals surface area contributed by atoms with Crippen LogP contribution in [0.4, 0.5) is 0 Å². The molecule has 0 aromatic carbocycles. The molecule has 0 heterocycles. The van der Waals surface area contributed by atoms with Crippen LogP contribution in [-0.2, 0) is 14.3 Å². The van der Waals surface area contributed by atoms with E-state index in [4.69, 9.17) is 5.11 Å². The zero-order valence-corrected chi connectivity index (χ0v) is 5.83. The lowest BCUT2D eigenvalue weighted by atomic mass is 10.1. The maximum Gasteiger partial charge on any atom is 0.271 e. The number of carbonyl (C=O) groups excluding carboxylic acids is 2. The van der Waals surface area contributed by atoms with Crippen molar-refractivity contribution in [3.8, 4) is 0 Å². The SMILES string of the molecule is COC1=CC=C(O)C(=O)C1=O. The van der Waals surface area contributed by atoms with E-state index in [1.54, 1.807) is 0 Å². The molecule has 0 saturated heterocycles. The maximum atomic E-state index is 10.8. The number of Topliss-reactive ketones (excluding diaryl/α,β-unsaturated/α-hetero) is 2. The van der Waals surface area contributed by atoms with E-state index in [-0.39, 0.29) is 5.76 Å². The number of rotatable bonds is 1. The van der Waals surface area contributed by atoms with Gasteiger partial charge in [0.2, 0.25) is 0 Å². The van der Waals surface area contributed by atoms with Crippen molar-refractivity contribution < 1.29 is 19.4 Å². The van der Waals surface area contributed by atoms with Crippen LogP contribution < -0.4 is 0 Å². The van der Waals surface area contributed by atoms with Crippen LogP contribution in [-0.4, -0.2) is 23.8 Å². The summed E-state index contributed by atoms with van der Waals surface area (Å²) in [7, 11) is 1.28. The lowest BCUT2D eigenvalue weighted by Crippen LogP contribution is -2.21. The number of aliphatic hydroxyl groups is 1. The first-order chi connectivity index (χ1) is 5.16. The minimum absolute atomic E-state index is 0.0483. The zero-order valence-electron chi connectivity index (χ0n) is 5.83. The molecular weight excluding hydrogens is 148 g/mol. The first kappa shape index (κ1) is 7.53. The van der Waals surface area contributed by atoms with Crippen molar-refractivity contribution in [3.63, 3.8) is 0 Å². The number of allylic oxidation sites excluding steroid dienone is 4. The Kier molecular flexibility index (Phi) is 1.76. The highest BCUT2D eigenvalue weighted by Gasteiger charge is 2.25. The van der Waals surface area contributed by atoms with Crippen LogP contribution in [0.25, 0.3) is 0 Å². The summed E-state index contributed by atoms with van der Waals surface area (Å²) in [4.78, 5) is 21.5. The van der Waals surface area contributed by atoms with E-state index in [0.29, 0.717) is 0 Å². The fourth-order valence-corrected chi connectivity index (χ4v) is 0.695. The molecule has 0 saturated carbocycles. The molecule has 11 heavy (non-hydrogen) atoms. The number of hydrogen-bond donors (Lipinski definition) is 1. The van der Waals surface area contributed by atoms with Crippen molar-refractivity contribution >= 4 is 11.6 Å². The Bertz CT molecular complexity index is 272. The fourth-order valence-electron chi connectivity index (χ4n) is 0.695. The van der Waals surface area contributed by atoms with Crippen molar-refractivity contribution in [1.29, 1.82) is 0 Å². The molecule has 1 N–H and O–H groups in total. The van der Waals surface area contributed by atoms with Crippen molar-refractivity contribution in [2.45, 2.75) is 0 Å². The molecule has 0 bridgehead atoms. The Hall–Kier alpha value is -1.58. The van der Waals surface area contributed by atoms with Gasteiger partial charge in [0.15, 0.2) is 11.5 Å². The Morgan fingerprint density at radius 2 is 1.91 bits per heavy atom. The standard InChI is InChI=1S/C7H6O4/c1-11-5-3-2-4(8)6(9)7(5)10/h2-3,8H,1H3. The molecule has 1 aliphatic carbocycles. The molecule has 0 unspecified atom stereocenters. The maximum absolute atomic E-state index is 10.8. The topological polar surface area (TPSA) is 63.6 Å². The zero-order chi connectivity index (χ0) is 8.43. The summed E-state index contributed by atoms with van der Waals surface area (Å²) in [5.74, 6) is -2.33. The highest BCUT2D eigenvalue weighted by molar-refractivity contribution is 6.48. The van der Waals surface area contributed by atoms with Gasteiger partial charge in [0, 0.05) is 0 Å². The summed E-state index contributed by atoms with van der Waals surface area (Å²) in [6.45, 7) is 0. The third kappa shape index (κ3) is 1.14. The first-order valence-corrected chi connectivity index (χ1v) is 2.90. The predicted molar refractivity (Wildman–Crippen MR) is 35.8 cm³/mol. The molecule has 4 heteroatoms. The van der Waals surface area contributed by atoms with Crippen molar-refractivity contribution in [2.24, 2.45) is 0 Å². The Morgan fingerprint density at radius 3 is 2.45 bits per heavy atom. The van der Waals surface area contributed by atoms with E-state index in [2.05, 4.69) is 4.74 Å². The second-order valence-corrected chi connectivity index (χ2v) is 1.95. The van der Waals surface area contributed by atoms with E-state index in [0.717, 1.165) is 6.08 Å². The summed E-state index contributed by atoms with van der Waals surface area (Å²) in [5, 5.41) is 8.75. The Labute approximate surface area is 62.8 Å². The number of carbonyl (C=O) groups is 2. The van der Waals surface area contributed by atoms with Crippen LogP contribution >= 0.6 is 0 Å². The summed E-state index contributed by atoms with van der Waals surface area (Å²) in [6.07, 6.45) is 2.38. The van der Waals surface area contributed by atoms with Crippen LogP contribution in [0.15, 0.2) is 23.7 Å². The molecule has 1 rings (SSSR count). The van der Waals surface area contributed by atoms with Crippen LogP contribution in [0.1, 0.15) is 0 Å². The summed E-state index contributed by atoms with van der Waals surface area (Å²) >= 11 is 0. The van der Waals surface area contributed by atoms with E-state index in [9.17, 15) is 9.59 Å². The molecule has 58 valence electrons. The summed E-state index contributed by atoms with van der Waals surface area (Å²) in [5.41, 5.74) is 0. The van der Waals surface area contributed by atoms with Gasteiger partial charge in [0.25, 0.3) is 11.6 Å². The highest BCUT2D eigenvalue weighted by Crippen LogP contribution is 2.09. The number of ether oxygens (including phenoxy) is 1. The minimum atomic E-state index is -0.927. The van der Waals surface area contributed by atoms with Crippen LogP contribution in [0.2, 0.25) is 0 Å². The number of methoxy groups -OCH3 is 1. The van der Waals surface area contributed by atoms with E-state index < -0.39 is 17.3 Å². The molecule has 0 aromatic rings. The molecule has 4 nitrogen and oxygen atoms in total. The normalized spacial score (nSPS) is 17.5. The average Bonchev–Trinajstić information content (AvgIpc) is 2.01. The highest BCUT2D eigenvalue weighted by atomic mass is 16.5. The number of ketones is 2. The quantitative estimate of drug-likeness (QED) is 0.430. The molecule has 1 aliphatic rings. The lowest BCUT2D eigenvalue weighted by Gasteiger charge is -2.06. The van der Waals surface area contributed by atoms with Gasteiger partial charge in [-0.2, -0.15) is 0 Å². The predicted octanol–water partition coefficient (Wildman–Crippen LogP) is 0.110. The summed E-state index contributed by atoms with van der Waals surface area (Å²) in [6, 6.07) is 0. The lowest BCUT2D eigenvalue weighted by molar-refractivity contribution is -0.135. The van der Waals surface area contributed by atoms with Crippen molar-refractivity contribution in [3.05, 3.63) is 23.7 Å². The van der Waals surface area contributed by atoms with Gasteiger partial charge in [-0.05, 0) is 12.2 Å². The molecule has 0 amide bonds. The molecule has 0 spiro atoms. The Balaban J connectivity index is 3.03. The second kappa shape index (κ2) is 2.57. The second-order valence-electron chi connectivity index (χ2n) is 1.95. The van der Waals surface area contributed by atoms with E-state index >= 15 is 0 Å².